The zero-order valence-electron chi connectivity index (χ0n) is 34.7. The van der Waals surface area contributed by atoms with Crippen molar-refractivity contribution in [3.8, 4) is 0 Å². The molecule has 64 heavy (non-hydrogen) atoms. The zero-order valence-corrected chi connectivity index (χ0v) is 46.5. The third-order valence-electron chi connectivity index (χ3n) is 8.32. The number of esters is 4. The van der Waals surface area contributed by atoms with Crippen LogP contribution in [0.4, 0.5) is 8.78 Å². The number of rotatable bonds is 13. The maximum absolute atomic E-state index is 14.6. The number of alkyl halides is 2. The van der Waals surface area contributed by atoms with Crippen LogP contribution < -0.4 is 0 Å². The molecule has 19 nitrogen and oxygen atoms in total. The van der Waals surface area contributed by atoms with Gasteiger partial charge >= 0.3 is 39.4 Å². The van der Waals surface area contributed by atoms with Crippen molar-refractivity contribution in [3.05, 3.63) is 18.7 Å². The molecule has 0 aliphatic carbocycles. The number of hydrogen-bond acceptors (Lipinski definition) is 15. The fraction of sp³-hybridized carbons (Fsp3) is 0.774. The average molecular weight is 1170 g/mol. The highest BCUT2D eigenvalue weighted by molar-refractivity contribution is 7.60. The number of carbonyl (C=O) groups excluding carboxylic acids is 4. The van der Waals surface area contributed by atoms with Gasteiger partial charge in [-0.15, -0.1) is 0 Å². The molecule has 1 aromatic heterocycles. The molecule has 2 saturated heterocycles. The number of hydrogen-bond donors (Lipinski definition) is 3. The Hall–Kier alpha value is 0.630. The third kappa shape index (κ3) is 29.6. The SMILES string of the molecule is C.C.CC(=O)OC[C@H](F)C1O[C@@H](OP(=O)(O)O)C(OC(C)=O)[C@@H](C)[C@@H]1C.CC(=O)OC[C@H](F)C1O[C@@H](OP(=O)(O)n2ccnc2)C(OC(C)=O)[C@@H](C)[C@@H]1C.S.S.S.S.S.S.S.S.S.S. The van der Waals surface area contributed by atoms with Gasteiger partial charge in [-0.05, 0) is 11.8 Å². The molecule has 394 valence electrons. The summed E-state index contributed by atoms with van der Waals surface area (Å²) in [4.78, 5) is 76.3. The molecule has 2 fully saturated rings. The Morgan fingerprint density at radius 1 is 0.625 bits per heavy atom. The van der Waals surface area contributed by atoms with E-state index in [1.807, 2.05) is 0 Å². The second-order valence-corrected chi connectivity index (χ2v) is 15.1. The molecule has 0 saturated carbocycles. The Morgan fingerprint density at radius 3 is 1.22 bits per heavy atom. The minimum Gasteiger partial charge on any atom is -0.463 e. The molecular formula is C31H74F2N2O17P2S10. The van der Waals surface area contributed by atoms with Gasteiger partial charge in [0.15, 0.2) is 24.6 Å². The zero-order chi connectivity index (χ0) is 39.7. The van der Waals surface area contributed by atoms with E-state index in [0.29, 0.717) is 0 Å². The lowest BCUT2D eigenvalue weighted by molar-refractivity contribution is -0.263. The predicted molar refractivity (Wildman–Crippen MR) is 287 cm³/mol. The molecule has 3 heterocycles. The minimum atomic E-state index is -4.97. The van der Waals surface area contributed by atoms with Crippen LogP contribution in [0.25, 0.3) is 0 Å². The first kappa shape index (κ1) is 91.0. The summed E-state index contributed by atoms with van der Waals surface area (Å²) >= 11 is 0. The normalized spacial score (nSPS) is 25.5. The molecule has 2 aliphatic rings. The molecule has 3 N–H and O–H groups in total. The molecule has 3 rings (SSSR count). The van der Waals surface area contributed by atoms with Gasteiger partial charge in [-0.25, -0.2) is 27.2 Å². The first-order valence-corrected chi connectivity index (χ1v) is 18.9. The van der Waals surface area contributed by atoms with Crippen LogP contribution in [0.2, 0.25) is 0 Å². The number of nitrogens with zero attached hydrogens (tertiary/aromatic N) is 2. The van der Waals surface area contributed by atoms with Crippen molar-refractivity contribution in [3.63, 3.8) is 0 Å². The quantitative estimate of drug-likeness (QED) is 0.133. The van der Waals surface area contributed by atoms with Crippen LogP contribution in [0.1, 0.15) is 70.2 Å². The van der Waals surface area contributed by atoms with Crippen molar-refractivity contribution in [2.75, 3.05) is 13.2 Å². The van der Waals surface area contributed by atoms with Crippen molar-refractivity contribution in [2.45, 2.75) is 120 Å². The van der Waals surface area contributed by atoms with Crippen LogP contribution in [0.3, 0.4) is 0 Å². The van der Waals surface area contributed by atoms with Crippen LogP contribution in [-0.2, 0) is 65.8 Å². The fourth-order valence-corrected chi connectivity index (χ4v) is 6.83. The van der Waals surface area contributed by atoms with Crippen LogP contribution in [0.15, 0.2) is 18.7 Å². The van der Waals surface area contributed by atoms with Gasteiger partial charge in [0.05, 0.1) is 12.2 Å². The molecule has 0 radical (unpaired) electrons. The van der Waals surface area contributed by atoms with Gasteiger partial charge in [0.1, 0.15) is 19.5 Å². The third-order valence-corrected chi connectivity index (χ3v) is 10.1. The maximum atomic E-state index is 14.6. The van der Waals surface area contributed by atoms with Crippen molar-refractivity contribution in [2.24, 2.45) is 23.7 Å². The van der Waals surface area contributed by atoms with Crippen molar-refractivity contribution < 1.29 is 89.2 Å². The first-order valence-electron chi connectivity index (χ1n) is 15.9. The lowest BCUT2D eigenvalue weighted by Gasteiger charge is -2.44. The first-order chi connectivity index (χ1) is 23.9. The van der Waals surface area contributed by atoms with E-state index in [0.717, 1.165) is 31.4 Å². The van der Waals surface area contributed by atoms with E-state index in [9.17, 15) is 42.0 Å². The summed E-state index contributed by atoms with van der Waals surface area (Å²) in [7, 11) is -9.42. The largest absolute Gasteiger partial charge is 0.472 e. The van der Waals surface area contributed by atoms with Crippen LogP contribution in [0.5, 0.6) is 0 Å². The van der Waals surface area contributed by atoms with E-state index in [1.54, 1.807) is 27.7 Å². The molecule has 5 unspecified atom stereocenters. The predicted octanol–water partition coefficient (Wildman–Crippen LogP) is 5.00. The number of halogens is 2. The van der Waals surface area contributed by atoms with Crippen LogP contribution in [-0.4, -0.2) is 110 Å². The summed E-state index contributed by atoms with van der Waals surface area (Å²) in [6.45, 7) is 10.1. The molecule has 0 amide bonds. The van der Waals surface area contributed by atoms with E-state index in [-0.39, 0.29) is 150 Å². The molecule has 1 aromatic rings. The molecule has 2 aliphatic heterocycles. The summed E-state index contributed by atoms with van der Waals surface area (Å²) in [6, 6.07) is 0. The van der Waals surface area contributed by atoms with E-state index in [4.69, 9.17) is 38.0 Å². The number of carbonyl (C=O) groups is 4. The topological polar surface area (TPSA) is 255 Å². The van der Waals surface area contributed by atoms with Gasteiger partial charge in [0.2, 0.25) is 12.6 Å². The molecule has 0 bridgehead atoms. The van der Waals surface area contributed by atoms with Gasteiger partial charge in [-0.3, -0.25) is 28.2 Å². The van der Waals surface area contributed by atoms with Gasteiger partial charge in [-0.2, -0.15) is 135 Å². The maximum Gasteiger partial charge on any atom is 0.472 e. The summed E-state index contributed by atoms with van der Waals surface area (Å²) < 4.78 is 93.5. The Morgan fingerprint density at radius 2 is 0.953 bits per heavy atom. The lowest BCUT2D eigenvalue weighted by Crippen LogP contribution is -2.55. The van der Waals surface area contributed by atoms with Gasteiger partial charge < -0.3 is 43.1 Å². The molecule has 33 heteroatoms. The number of phosphoric ester groups is 1. The number of phosphoric acid groups is 1. The van der Waals surface area contributed by atoms with E-state index in [2.05, 4.69) is 14.2 Å². The number of aromatic nitrogens is 2. The molecule has 13 atom stereocenters. The van der Waals surface area contributed by atoms with Crippen LogP contribution >= 0.6 is 151 Å². The summed E-state index contributed by atoms with van der Waals surface area (Å²) in [5.74, 6) is -4.65. The van der Waals surface area contributed by atoms with E-state index >= 15 is 0 Å². The van der Waals surface area contributed by atoms with Crippen molar-refractivity contribution >= 4 is 174 Å². The Bertz CT molecular complexity index is 1490. The van der Waals surface area contributed by atoms with E-state index in [1.165, 1.54) is 19.3 Å². The van der Waals surface area contributed by atoms with Crippen molar-refractivity contribution in [1.82, 2.24) is 9.32 Å². The fourth-order valence-electron chi connectivity index (χ4n) is 5.42. The minimum absolute atomic E-state index is 0. The monoisotopic (exact) mass is 1170 g/mol. The Balaban J connectivity index is -0.0000000828. The highest BCUT2D eigenvalue weighted by atomic mass is 32.1. The van der Waals surface area contributed by atoms with Crippen molar-refractivity contribution in [1.29, 1.82) is 0 Å². The smallest absolute Gasteiger partial charge is 0.463 e. The summed E-state index contributed by atoms with van der Waals surface area (Å²) in [6.07, 6.45) is -7.51. The average Bonchev–Trinajstić information content (AvgIpc) is 3.58. The van der Waals surface area contributed by atoms with Gasteiger partial charge in [0, 0.05) is 51.9 Å². The summed E-state index contributed by atoms with van der Waals surface area (Å²) in [5.41, 5.74) is 0. The van der Waals surface area contributed by atoms with Gasteiger partial charge in [-0.1, -0.05) is 42.5 Å². The van der Waals surface area contributed by atoms with Gasteiger partial charge in [0.25, 0.3) is 0 Å². The second-order valence-electron chi connectivity index (χ2n) is 12.3. The highest BCUT2D eigenvalue weighted by Gasteiger charge is 2.50. The highest BCUT2D eigenvalue weighted by Crippen LogP contribution is 2.48. The second kappa shape index (κ2) is 41.4. The lowest BCUT2D eigenvalue weighted by atomic mass is 9.82. The van der Waals surface area contributed by atoms with E-state index < -0.39 is 126 Å². The molecule has 0 aromatic carbocycles. The standard InChI is InChI=1S/C16H24FN2O8P.C13H22FO9P.2CH4.10H2S/c1-9-10(2)15(25-12(4)21)16(26-14(9)13(17)7-24-11(3)20)27-28(22,23)19-6-5-18-8-19;1-6-7(2)12(21-9(4)16)13(23-24(17,18)19)22-11(6)10(14)5-20-8(3)15;;;;;;;;;;;;/h5-6,8-10,13-16H,7H2,1-4H3,(H,22,23);6-7,10-13H,5H2,1-4H3,(H2,17,18,19);2*1H4;10*1H2/t9-,10-,13-,14?,15?,16-;6-,7-,10-,11?,12?,13-;;;;;;;;;;;;/m00............/s1. The molecule has 0 spiro atoms. The Labute approximate surface area is 445 Å². The number of ether oxygens (including phenoxy) is 6. The molecular weight excluding hydrogens is 1090 g/mol. The Kier molecular flexibility index (Phi) is 58.9. The number of imidazole rings is 1. The summed E-state index contributed by atoms with van der Waals surface area (Å²) in [5, 5.41) is 0. The van der Waals surface area contributed by atoms with Crippen LogP contribution in [0, 0.1) is 23.7 Å².